The molecule has 0 bridgehead atoms. The van der Waals surface area contributed by atoms with Gasteiger partial charge < -0.3 is 5.73 Å². The van der Waals surface area contributed by atoms with E-state index in [1.54, 1.807) is 11.0 Å². The Kier molecular flexibility index (Phi) is 1.40. The highest BCUT2D eigenvalue weighted by atomic mass is 15.5. The monoisotopic (exact) mass is 166 g/mol. The lowest BCUT2D eigenvalue weighted by Crippen LogP contribution is -2.07. The van der Waals surface area contributed by atoms with Crippen LogP contribution in [0.4, 0.5) is 5.82 Å². The number of anilines is 1. The Bertz CT molecular complexity index is 289. The van der Waals surface area contributed by atoms with Crippen LogP contribution in [0.5, 0.6) is 0 Å². The third-order valence-corrected chi connectivity index (χ3v) is 2.66. The fraction of sp³-hybridized carbons (Fsp3) is 0.750. The Labute approximate surface area is 71.8 Å². The molecule has 1 aromatic rings. The lowest BCUT2D eigenvalue weighted by Gasteiger charge is -2.01. The molecule has 0 aromatic carbocycles. The van der Waals surface area contributed by atoms with Crippen LogP contribution < -0.4 is 5.73 Å². The van der Waals surface area contributed by atoms with Gasteiger partial charge in [0.2, 0.25) is 0 Å². The lowest BCUT2D eigenvalue weighted by molar-refractivity contribution is 0.437. The molecule has 1 saturated carbocycles. The van der Waals surface area contributed by atoms with Gasteiger partial charge in [0.1, 0.15) is 0 Å². The first-order valence-electron chi connectivity index (χ1n) is 4.23. The van der Waals surface area contributed by atoms with Crippen LogP contribution in [0.1, 0.15) is 20.3 Å². The van der Waals surface area contributed by atoms with Crippen LogP contribution in [0.2, 0.25) is 0 Å². The van der Waals surface area contributed by atoms with Gasteiger partial charge in [-0.1, -0.05) is 13.8 Å². The summed E-state index contributed by atoms with van der Waals surface area (Å²) in [7, 11) is 0. The summed E-state index contributed by atoms with van der Waals surface area (Å²) in [6.07, 6.45) is 2.86. The van der Waals surface area contributed by atoms with E-state index in [2.05, 4.69) is 24.0 Å². The lowest BCUT2D eigenvalue weighted by atomic mass is 10.1. The van der Waals surface area contributed by atoms with Crippen LogP contribution in [-0.4, -0.2) is 15.0 Å². The summed E-state index contributed by atoms with van der Waals surface area (Å²) in [6.45, 7) is 5.44. The van der Waals surface area contributed by atoms with E-state index < -0.39 is 0 Å². The van der Waals surface area contributed by atoms with Crippen molar-refractivity contribution in [3.63, 3.8) is 0 Å². The summed E-state index contributed by atoms with van der Waals surface area (Å²) in [6, 6.07) is 0. The van der Waals surface area contributed by atoms with Crippen molar-refractivity contribution < 1.29 is 0 Å². The SMILES string of the molecule is CC1(C)CC1Cn1ncc(N)n1. The van der Waals surface area contributed by atoms with Gasteiger partial charge in [0.15, 0.2) is 5.82 Å². The maximum Gasteiger partial charge on any atom is 0.165 e. The number of nitrogens with zero attached hydrogens (tertiary/aromatic N) is 3. The normalized spacial score (nSPS) is 25.7. The van der Waals surface area contributed by atoms with Crippen molar-refractivity contribution in [2.45, 2.75) is 26.8 Å². The fourth-order valence-corrected chi connectivity index (χ4v) is 1.48. The minimum absolute atomic E-state index is 0.488. The number of rotatable bonds is 2. The average molecular weight is 166 g/mol. The first kappa shape index (κ1) is 7.58. The van der Waals surface area contributed by atoms with Crippen LogP contribution in [0.3, 0.4) is 0 Å². The molecule has 4 nitrogen and oxygen atoms in total. The Balaban J connectivity index is 1.97. The second kappa shape index (κ2) is 2.21. The molecular weight excluding hydrogens is 152 g/mol. The molecule has 66 valence electrons. The molecular formula is C8H14N4. The zero-order chi connectivity index (χ0) is 8.77. The van der Waals surface area contributed by atoms with Crippen molar-refractivity contribution in [1.82, 2.24) is 15.0 Å². The van der Waals surface area contributed by atoms with Crippen molar-refractivity contribution in [2.75, 3.05) is 5.73 Å². The summed E-state index contributed by atoms with van der Waals surface area (Å²) >= 11 is 0. The summed E-state index contributed by atoms with van der Waals surface area (Å²) in [5.74, 6) is 1.23. The van der Waals surface area contributed by atoms with Gasteiger partial charge in [0, 0.05) is 0 Å². The number of nitrogen functional groups attached to an aromatic ring is 1. The maximum absolute atomic E-state index is 5.45. The molecule has 0 amide bonds. The molecule has 0 spiro atoms. The topological polar surface area (TPSA) is 56.7 Å². The fourth-order valence-electron chi connectivity index (χ4n) is 1.48. The minimum atomic E-state index is 0.488. The van der Waals surface area contributed by atoms with Crippen LogP contribution in [0.15, 0.2) is 6.20 Å². The highest BCUT2D eigenvalue weighted by molar-refractivity contribution is 5.19. The van der Waals surface area contributed by atoms with E-state index in [-0.39, 0.29) is 0 Å². The molecule has 2 N–H and O–H groups in total. The number of hydrogen-bond donors (Lipinski definition) is 1. The molecule has 1 unspecified atom stereocenters. The third kappa shape index (κ3) is 1.29. The van der Waals surface area contributed by atoms with E-state index in [4.69, 9.17) is 5.73 Å². The molecule has 2 rings (SSSR count). The zero-order valence-corrected chi connectivity index (χ0v) is 7.49. The number of aromatic nitrogens is 3. The Morgan fingerprint density at radius 1 is 1.75 bits per heavy atom. The van der Waals surface area contributed by atoms with Crippen LogP contribution >= 0.6 is 0 Å². The summed E-state index contributed by atoms with van der Waals surface area (Å²) < 4.78 is 0. The molecule has 4 heteroatoms. The Morgan fingerprint density at radius 3 is 2.83 bits per heavy atom. The molecule has 1 atom stereocenters. The summed E-state index contributed by atoms with van der Waals surface area (Å²) in [5.41, 5.74) is 5.94. The molecule has 1 fully saturated rings. The van der Waals surface area contributed by atoms with Crippen molar-refractivity contribution in [2.24, 2.45) is 11.3 Å². The standard InChI is InChI=1S/C8H14N4/c1-8(2)3-6(8)5-12-10-4-7(9)11-12/h4,6H,3,5H2,1-2H3,(H2,9,11). The number of nitrogens with two attached hydrogens (primary N) is 1. The smallest absolute Gasteiger partial charge is 0.165 e. The summed E-state index contributed by atoms with van der Waals surface area (Å²) in [4.78, 5) is 1.69. The largest absolute Gasteiger partial charge is 0.381 e. The summed E-state index contributed by atoms with van der Waals surface area (Å²) in [5, 5.41) is 8.08. The highest BCUT2D eigenvalue weighted by Gasteiger charge is 2.45. The van der Waals surface area contributed by atoms with Gasteiger partial charge in [0.05, 0.1) is 12.7 Å². The minimum Gasteiger partial charge on any atom is -0.381 e. The van der Waals surface area contributed by atoms with Gasteiger partial charge in [-0.3, -0.25) is 0 Å². The van der Waals surface area contributed by atoms with Gasteiger partial charge in [0.25, 0.3) is 0 Å². The van der Waals surface area contributed by atoms with E-state index in [0.29, 0.717) is 11.2 Å². The first-order chi connectivity index (χ1) is 5.58. The van der Waals surface area contributed by atoms with E-state index in [1.807, 2.05) is 0 Å². The highest BCUT2D eigenvalue weighted by Crippen LogP contribution is 2.52. The quantitative estimate of drug-likeness (QED) is 0.710. The predicted octanol–water partition coefficient (Wildman–Crippen LogP) is 0.906. The predicted molar refractivity (Wildman–Crippen MR) is 46.3 cm³/mol. The molecule has 1 aliphatic rings. The molecule has 0 aliphatic heterocycles. The zero-order valence-electron chi connectivity index (χ0n) is 7.49. The van der Waals surface area contributed by atoms with Crippen molar-refractivity contribution in [3.8, 4) is 0 Å². The van der Waals surface area contributed by atoms with E-state index in [9.17, 15) is 0 Å². The van der Waals surface area contributed by atoms with Gasteiger partial charge in [-0.2, -0.15) is 9.90 Å². The third-order valence-electron chi connectivity index (χ3n) is 2.66. The first-order valence-corrected chi connectivity index (χ1v) is 4.23. The molecule has 1 aliphatic carbocycles. The van der Waals surface area contributed by atoms with Crippen LogP contribution in [0.25, 0.3) is 0 Å². The second-order valence-electron chi connectivity index (χ2n) is 4.21. The Morgan fingerprint density at radius 2 is 2.42 bits per heavy atom. The van der Waals surface area contributed by atoms with Gasteiger partial charge in [-0.15, -0.1) is 5.10 Å². The van der Waals surface area contributed by atoms with E-state index in [1.165, 1.54) is 6.42 Å². The van der Waals surface area contributed by atoms with Gasteiger partial charge in [-0.05, 0) is 17.8 Å². The van der Waals surface area contributed by atoms with Gasteiger partial charge >= 0.3 is 0 Å². The van der Waals surface area contributed by atoms with E-state index >= 15 is 0 Å². The molecule has 0 saturated heterocycles. The Hall–Kier alpha value is -1.06. The second-order valence-corrected chi connectivity index (χ2v) is 4.21. The molecule has 1 aromatic heterocycles. The van der Waals surface area contributed by atoms with Gasteiger partial charge in [-0.25, -0.2) is 0 Å². The van der Waals surface area contributed by atoms with Crippen molar-refractivity contribution in [3.05, 3.63) is 6.20 Å². The van der Waals surface area contributed by atoms with Crippen molar-refractivity contribution in [1.29, 1.82) is 0 Å². The van der Waals surface area contributed by atoms with Crippen LogP contribution in [0, 0.1) is 11.3 Å². The molecule has 12 heavy (non-hydrogen) atoms. The van der Waals surface area contributed by atoms with Crippen molar-refractivity contribution >= 4 is 5.82 Å². The molecule has 0 radical (unpaired) electrons. The maximum atomic E-state index is 5.45. The average Bonchev–Trinajstić information content (AvgIpc) is 2.41. The number of hydrogen-bond acceptors (Lipinski definition) is 3. The van der Waals surface area contributed by atoms with E-state index in [0.717, 1.165) is 12.5 Å². The van der Waals surface area contributed by atoms with Crippen LogP contribution in [-0.2, 0) is 6.54 Å². The molecule has 1 heterocycles.